The number of fused-ring (bicyclic) bond motifs is 1. The number of carbonyl (C=O) groups excluding carboxylic acids is 2. The second kappa shape index (κ2) is 9.56. The van der Waals surface area contributed by atoms with Gasteiger partial charge in [0, 0.05) is 50.1 Å². The zero-order valence-corrected chi connectivity index (χ0v) is 20.1. The monoisotopic (exact) mass is 475 g/mol. The first-order chi connectivity index (χ1) is 16.5. The Hall–Kier alpha value is -3.23. The molecule has 5 rings (SSSR count). The van der Waals surface area contributed by atoms with Crippen LogP contribution in [-0.4, -0.2) is 68.8 Å². The Kier molecular flexibility index (Phi) is 6.34. The predicted octanol–water partition coefficient (Wildman–Crippen LogP) is 3.59. The highest BCUT2D eigenvalue weighted by atomic mass is 32.1. The number of carbonyl (C=O) groups is 2. The highest BCUT2D eigenvalue weighted by molar-refractivity contribution is 7.80. The molecule has 2 aromatic carbocycles. The molecule has 2 aliphatic rings. The van der Waals surface area contributed by atoms with Crippen LogP contribution in [0.2, 0.25) is 0 Å². The van der Waals surface area contributed by atoms with Gasteiger partial charge in [-0.2, -0.15) is 0 Å². The van der Waals surface area contributed by atoms with E-state index in [0.29, 0.717) is 10.8 Å². The molecule has 1 aromatic heterocycles. The van der Waals surface area contributed by atoms with Crippen molar-refractivity contribution >= 4 is 45.7 Å². The lowest BCUT2D eigenvalue weighted by Crippen LogP contribution is -2.49. The van der Waals surface area contributed by atoms with E-state index in [1.807, 2.05) is 41.4 Å². The van der Waals surface area contributed by atoms with Gasteiger partial charge in [0.2, 0.25) is 5.91 Å². The van der Waals surface area contributed by atoms with Gasteiger partial charge in [-0.25, -0.2) is 0 Å². The van der Waals surface area contributed by atoms with Crippen molar-refractivity contribution < 1.29 is 9.59 Å². The lowest BCUT2D eigenvalue weighted by Gasteiger charge is -2.39. The maximum atomic E-state index is 13.0. The van der Waals surface area contributed by atoms with Gasteiger partial charge in [-0.3, -0.25) is 19.4 Å². The van der Waals surface area contributed by atoms with Crippen LogP contribution in [-0.2, 0) is 16.1 Å². The van der Waals surface area contributed by atoms with Gasteiger partial charge in [0.1, 0.15) is 6.04 Å². The molecule has 2 N–H and O–H groups in total. The number of likely N-dealkylation sites (N-methyl/N-ethyl adjacent to an activating group) is 1. The summed E-state index contributed by atoms with van der Waals surface area (Å²) >= 11 is 5.64. The van der Waals surface area contributed by atoms with Crippen LogP contribution in [0.15, 0.2) is 60.8 Å². The number of thiocarbonyl (C=S) groups is 1. The largest absolute Gasteiger partial charge is 0.361 e. The number of hydrogen-bond donors (Lipinski definition) is 2. The number of nitrogens with zero attached hydrogens (tertiary/aromatic N) is 3. The number of H-pyrrole nitrogens is 1. The molecular weight excluding hydrogens is 446 g/mol. The first-order valence-electron chi connectivity index (χ1n) is 11.7. The number of aromatic amines is 1. The maximum absolute atomic E-state index is 13.0. The quantitative estimate of drug-likeness (QED) is 0.533. The van der Waals surface area contributed by atoms with E-state index >= 15 is 0 Å². The predicted molar refractivity (Wildman–Crippen MR) is 137 cm³/mol. The van der Waals surface area contributed by atoms with E-state index in [2.05, 4.69) is 39.5 Å². The normalized spacial score (nSPS) is 19.9. The number of likely N-dealkylation sites (tertiary alicyclic amines) is 1. The highest BCUT2D eigenvalue weighted by Crippen LogP contribution is 2.28. The van der Waals surface area contributed by atoms with Crippen molar-refractivity contribution in [2.75, 3.05) is 25.5 Å². The third kappa shape index (κ3) is 4.56. The van der Waals surface area contributed by atoms with Crippen molar-refractivity contribution in [1.82, 2.24) is 19.7 Å². The van der Waals surface area contributed by atoms with Crippen molar-refractivity contribution in [2.45, 2.75) is 37.9 Å². The summed E-state index contributed by atoms with van der Waals surface area (Å²) in [6, 6.07) is 17.8. The molecule has 2 fully saturated rings. The molecule has 1 atom stereocenters. The molecule has 8 heteroatoms. The Morgan fingerprint density at radius 1 is 1.12 bits per heavy atom. The number of amides is 2. The average Bonchev–Trinajstić information content (AvgIpc) is 3.39. The molecule has 0 saturated carbocycles. The van der Waals surface area contributed by atoms with Gasteiger partial charge in [0.05, 0.1) is 6.42 Å². The van der Waals surface area contributed by atoms with Gasteiger partial charge in [-0.15, -0.1) is 0 Å². The van der Waals surface area contributed by atoms with Crippen molar-refractivity contribution in [3.8, 4) is 0 Å². The molecule has 34 heavy (non-hydrogen) atoms. The van der Waals surface area contributed by atoms with E-state index in [4.69, 9.17) is 12.2 Å². The Morgan fingerprint density at radius 3 is 2.65 bits per heavy atom. The van der Waals surface area contributed by atoms with E-state index in [9.17, 15) is 9.59 Å². The average molecular weight is 476 g/mol. The molecule has 0 radical (unpaired) electrons. The fraction of sp³-hybridized carbons (Fsp3) is 0.346. The van der Waals surface area contributed by atoms with E-state index < -0.39 is 6.04 Å². The molecule has 3 aromatic rings. The lowest BCUT2D eigenvalue weighted by atomic mass is 10.00. The summed E-state index contributed by atoms with van der Waals surface area (Å²) in [6.45, 7) is 2.80. The summed E-state index contributed by atoms with van der Waals surface area (Å²) in [6.07, 6.45) is 3.77. The number of anilines is 1. The molecule has 0 spiro atoms. The molecule has 2 saturated heterocycles. The second-order valence-electron chi connectivity index (χ2n) is 9.13. The van der Waals surface area contributed by atoms with Crippen LogP contribution in [0.25, 0.3) is 10.9 Å². The zero-order valence-electron chi connectivity index (χ0n) is 19.2. The van der Waals surface area contributed by atoms with Crippen molar-refractivity contribution in [3.63, 3.8) is 0 Å². The van der Waals surface area contributed by atoms with E-state index in [1.54, 1.807) is 7.05 Å². The Labute approximate surface area is 204 Å². The van der Waals surface area contributed by atoms with Gasteiger partial charge < -0.3 is 15.2 Å². The lowest BCUT2D eigenvalue weighted by molar-refractivity contribution is -0.130. The smallest absolute Gasteiger partial charge is 0.251 e. The number of hydrogen-bond acceptors (Lipinski definition) is 4. The number of aromatic nitrogens is 1. The summed E-state index contributed by atoms with van der Waals surface area (Å²) in [5.41, 5.74) is 2.97. The highest BCUT2D eigenvalue weighted by Gasteiger charge is 2.45. The van der Waals surface area contributed by atoms with Crippen molar-refractivity contribution in [2.24, 2.45) is 0 Å². The van der Waals surface area contributed by atoms with Gasteiger partial charge >= 0.3 is 0 Å². The van der Waals surface area contributed by atoms with E-state index in [1.165, 1.54) is 10.5 Å². The number of rotatable bonds is 6. The van der Waals surface area contributed by atoms with Gasteiger partial charge in [0.25, 0.3) is 5.91 Å². The van der Waals surface area contributed by atoms with Crippen LogP contribution in [0, 0.1) is 0 Å². The SMILES string of the molecule is CN1C(=O)C(CC(=O)Nc2ccc3cc[nH]c3c2)N(C2CCN(Cc3ccccc3)CC2)C1=S. The Balaban J connectivity index is 1.23. The molecule has 2 aliphatic heterocycles. The van der Waals surface area contributed by atoms with E-state index in [-0.39, 0.29) is 24.3 Å². The van der Waals surface area contributed by atoms with Gasteiger partial charge in [0.15, 0.2) is 5.11 Å². The fourth-order valence-corrected chi connectivity index (χ4v) is 5.42. The Bertz CT molecular complexity index is 1200. The molecular formula is C26H29N5O2S. The van der Waals surface area contributed by atoms with Crippen molar-refractivity contribution in [1.29, 1.82) is 0 Å². The van der Waals surface area contributed by atoms with Gasteiger partial charge in [-0.05, 0) is 54.2 Å². The molecule has 7 nitrogen and oxygen atoms in total. The minimum absolute atomic E-state index is 0.0797. The number of nitrogens with one attached hydrogen (secondary N) is 2. The second-order valence-corrected chi connectivity index (χ2v) is 9.49. The van der Waals surface area contributed by atoms with Crippen molar-refractivity contribution in [3.05, 3.63) is 66.4 Å². The van der Waals surface area contributed by atoms with Crippen LogP contribution in [0.4, 0.5) is 5.69 Å². The third-order valence-electron chi connectivity index (χ3n) is 6.88. The number of benzene rings is 2. The van der Waals surface area contributed by atoms with Crippen LogP contribution >= 0.6 is 12.2 Å². The standard InChI is InChI=1S/C26H29N5O2S/c1-29-25(33)23(16-24(32)28-20-8-7-19-9-12-27-22(19)15-20)31(26(29)34)21-10-13-30(14-11-21)17-18-5-3-2-4-6-18/h2-9,12,15,21,23,27H,10-11,13-14,16-17H2,1H3,(H,28,32). The Morgan fingerprint density at radius 2 is 1.88 bits per heavy atom. The molecule has 0 bridgehead atoms. The summed E-state index contributed by atoms with van der Waals surface area (Å²) in [7, 11) is 1.71. The summed E-state index contributed by atoms with van der Waals surface area (Å²) in [5.74, 6) is -0.291. The van der Waals surface area contributed by atoms with Crippen LogP contribution in [0.1, 0.15) is 24.8 Å². The molecule has 3 heterocycles. The molecule has 2 amide bonds. The topological polar surface area (TPSA) is 71.7 Å². The minimum atomic E-state index is -0.558. The molecule has 1 unspecified atom stereocenters. The zero-order chi connectivity index (χ0) is 23.7. The molecule has 0 aliphatic carbocycles. The first kappa shape index (κ1) is 22.6. The maximum Gasteiger partial charge on any atom is 0.251 e. The minimum Gasteiger partial charge on any atom is -0.361 e. The van der Waals surface area contributed by atoms with Crippen LogP contribution in [0.3, 0.4) is 0 Å². The first-order valence-corrected chi connectivity index (χ1v) is 12.1. The summed E-state index contributed by atoms with van der Waals surface area (Å²) < 4.78 is 0. The van der Waals surface area contributed by atoms with E-state index in [0.717, 1.165) is 43.4 Å². The number of piperidine rings is 1. The van der Waals surface area contributed by atoms with Crippen LogP contribution in [0.5, 0.6) is 0 Å². The third-order valence-corrected chi connectivity index (χ3v) is 7.36. The van der Waals surface area contributed by atoms with Crippen LogP contribution < -0.4 is 5.32 Å². The summed E-state index contributed by atoms with van der Waals surface area (Å²) in [5, 5.41) is 4.56. The summed E-state index contributed by atoms with van der Waals surface area (Å²) in [4.78, 5) is 35.1. The molecule has 176 valence electrons. The fourth-order valence-electron chi connectivity index (χ4n) is 5.05. The van der Waals surface area contributed by atoms with Gasteiger partial charge in [-0.1, -0.05) is 36.4 Å².